The molecule has 0 saturated heterocycles. The van der Waals surface area contributed by atoms with Crippen LogP contribution in [0.2, 0.25) is 5.15 Å². The number of halogens is 1. The summed E-state index contributed by atoms with van der Waals surface area (Å²) in [6.45, 7) is 0. The van der Waals surface area contributed by atoms with Gasteiger partial charge in [-0.15, -0.1) is 11.3 Å². The Balaban J connectivity index is 2.64. The Bertz CT molecular complexity index is 618. The van der Waals surface area contributed by atoms with Gasteiger partial charge in [-0.2, -0.15) is 0 Å². The van der Waals surface area contributed by atoms with Crippen molar-refractivity contribution in [2.45, 2.75) is 0 Å². The molecule has 0 spiro atoms. The molecule has 0 fully saturated rings. The molecule has 2 nitrogen and oxygen atoms in total. The fourth-order valence-corrected chi connectivity index (χ4v) is 2.61. The van der Waals surface area contributed by atoms with Crippen molar-refractivity contribution in [2.24, 2.45) is 0 Å². The van der Waals surface area contributed by atoms with Gasteiger partial charge in [-0.25, -0.2) is 9.97 Å². The van der Waals surface area contributed by atoms with Gasteiger partial charge in [0.05, 0.1) is 10.2 Å². The van der Waals surface area contributed by atoms with Gasteiger partial charge in [0.2, 0.25) is 0 Å². The summed E-state index contributed by atoms with van der Waals surface area (Å²) < 4.78 is 1.17. The van der Waals surface area contributed by atoms with E-state index in [9.17, 15) is 0 Å². The highest BCUT2D eigenvalue weighted by molar-refractivity contribution is 7.18. The molecule has 14 heavy (non-hydrogen) atoms. The minimum Gasteiger partial charge on any atom is -0.235 e. The lowest BCUT2D eigenvalue weighted by molar-refractivity contribution is 1.23. The van der Waals surface area contributed by atoms with Gasteiger partial charge in [0.15, 0.2) is 0 Å². The van der Waals surface area contributed by atoms with Gasteiger partial charge in [0, 0.05) is 5.39 Å². The summed E-state index contributed by atoms with van der Waals surface area (Å²) in [7, 11) is 0. The van der Waals surface area contributed by atoms with E-state index >= 15 is 0 Å². The monoisotopic (exact) mass is 220 g/mol. The maximum Gasteiger partial charge on any atom is 0.140 e. The van der Waals surface area contributed by atoms with Gasteiger partial charge in [-0.1, -0.05) is 17.7 Å². The second-order valence-corrected chi connectivity index (χ2v) is 4.24. The molecule has 68 valence electrons. The standard InChI is InChI=1S/C10H5ClN2S/c11-10-7-2-1-6-3-4-14-9(6)8(7)12-5-13-10/h1-5H. The number of hydrogen-bond donors (Lipinski definition) is 0. The van der Waals surface area contributed by atoms with Crippen LogP contribution in [0.3, 0.4) is 0 Å². The van der Waals surface area contributed by atoms with Crippen molar-refractivity contribution in [3.8, 4) is 0 Å². The molecule has 0 N–H and O–H groups in total. The van der Waals surface area contributed by atoms with Gasteiger partial charge < -0.3 is 0 Å². The molecule has 1 aromatic carbocycles. The number of benzene rings is 1. The van der Waals surface area contributed by atoms with Crippen LogP contribution < -0.4 is 0 Å². The second kappa shape index (κ2) is 2.90. The number of thiophene rings is 1. The van der Waals surface area contributed by atoms with Crippen molar-refractivity contribution in [1.29, 1.82) is 0 Å². The Labute approximate surface area is 89.2 Å². The van der Waals surface area contributed by atoms with Crippen molar-refractivity contribution in [3.63, 3.8) is 0 Å². The SMILES string of the molecule is Clc1ncnc2c1ccc1ccsc12. The van der Waals surface area contributed by atoms with Crippen molar-refractivity contribution in [2.75, 3.05) is 0 Å². The first-order chi connectivity index (χ1) is 6.86. The molecule has 0 bridgehead atoms. The molecule has 0 aliphatic carbocycles. The lowest BCUT2D eigenvalue weighted by Crippen LogP contribution is -1.82. The van der Waals surface area contributed by atoms with Crippen LogP contribution >= 0.6 is 22.9 Å². The molecule has 3 aromatic rings. The van der Waals surface area contributed by atoms with Gasteiger partial charge in [0.25, 0.3) is 0 Å². The fourth-order valence-electron chi connectivity index (χ4n) is 1.52. The minimum atomic E-state index is 0.519. The maximum atomic E-state index is 5.98. The van der Waals surface area contributed by atoms with E-state index in [2.05, 4.69) is 21.4 Å². The highest BCUT2D eigenvalue weighted by atomic mass is 35.5. The average molecular weight is 221 g/mol. The third-order valence-corrected chi connectivity index (χ3v) is 3.41. The molecule has 3 rings (SSSR count). The summed E-state index contributed by atoms with van der Waals surface area (Å²) >= 11 is 7.65. The van der Waals surface area contributed by atoms with Gasteiger partial charge in [0.1, 0.15) is 11.5 Å². The quantitative estimate of drug-likeness (QED) is 0.542. The molecule has 0 atom stereocenters. The third-order valence-electron chi connectivity index (χ3n) is 2.18. The van der Waals surface area contributed by atoms with Gasteiger partial charge >= 0.3 is 0 Å². The van der Waals surface area contributed by atoms with Crippen LogP contribution in [0.5, 0.6) is 0 Å². The van der Waals surface area contributed by atoms with Gasteiger partial charge in [-0.3, -0.25) is 0 Å². The molecule has 0 aliphatic heterocycles. The molecular formula is C10H5ClN2S. The highest BCUT2D eigenvalue weighted by Gasteiger charge is 2.05. The Kier molecular flexibility index (Phi) is 1.69. The van der Waals surface area contributed by atoms with Crippen molar-refractivity contribution in [3.05, 3.63) is 35.1 Å². The van der Waals surface area contributed by atoms with E-state index < -0.39 is 0 Å². The largest absolute Gasteiger partial charge is 0.235 e. The normalized spacial score (nSPS) is 11.2. The maximum absolute atomic E-state index is 5.98. The first kappa shape index (κ1) is 8.15. The zero-order chi connectivity index (χ0) is 9.54. The summed E-state index contributed by atoms with van der Waals surface area (Å²) in [4.78, 5) is 8.21. The molecule has 0 saturated carbocycles. The molecule has 2 heterocycles. The van der Waals surface area contributed by atoms with E-state index in [4.69, 9.17) is 11.6 Å². The van der Waals surface area contributed by atoms with Crippen LogP contribution in [0.15, 0.2) is 29.9 Å². The topological polar surface area (TPSA) is 25.8 Å². The summed E-state index contributed by atoms with van der Waals surface area (Å²) in [5, 5.41) is 4.70. The Morgan fingerprint density at radius 1 is 1.14 bits per heavy atom. The zero-order valence-electron chi connectivity index (χ0n) is 7.07. The molecular weight excluding hydrogens is 216 g/mol. The highest BCUT2D eigenvalue weighted by Crippen LogP contribution is 2.30. The molecule has 0 amide bonds. The van der Waals surface area contributed by atoms with Crippen LogP contribution in [0.25, 0.3) is 21.0 Å². The van der Waals surface area contributed by atoms with E-state index in [1.165, 1.54) is 16.4 Å². The summed E-state index contributed by atoms with van der Waals surface area (Å²) in [5.74, 6) is 0. The first-order valence-electron chi connectivity index (χ1n) is 4.13. The zero-order valence-corrected chi connectivity index (χ0v) is 8.64. The average Bonchev–Trinajstić information content (AvgIpc) is 2.66. The molecule has 2 aromatic heterocycles. The van der Waals surface area contributed by atoms with Crippen LogP contribution in [0, 0.1) is 0 Å². The van der Waals surface area contributed by atoms with Crippen LogP contribution in [-0.4, -0.2) is 9.97 Å². The fraction of sp³-hybridized carbons (Fsp3) is 0. The predicted molar refractivity (Wildman–Crippen MR) is 59.9 cm³/mol. The lowest BCUT2D eigenvalue weighted by Gasteiger charge is -1.98. The van der Waals surface area contributed by atoms with Gasteiger partial charge in [-0.05, 0) is 22.9 Å². The van der Waals surface area contributed by atoms with E-state index in [1.54, 1.807) is 11.3 Å². The number of rotatable bonds is 0. The van der Waals surface area contributed by atoms with Crippen LogP contribution in [0.4, 0.5) is 0 Å². The Morgan fingerprint density at radius 3 is 3.00 bits per heavy atom. The second-order valence-electron chi connectivity index (χ2n) is 2.97. The summed E-state index contributed by atoms with van der Waals surface area (Å²) in [5.41, 5.74) is 0.942. The lowest BCUT2D eigenvalue weighted by atomic mass is 10.2. The van der Waals surface area contributed by atoms with Crippen molar-refractivity contribution >= 4 is 43.9 Å². The molecule has 0 unspecified atom stereocenters. The van der Waals surface area contributed by atoms with Crippen LogP contribution in [0.1, 0.15) is 0 Å². The van der Waals surface area contributed by atoms with E-state index in [0.717, 1.165) is 10.9 Å². The first-order valence-corrected chi connectivity index (χ1v) is 5.38. The summed E-state index contributed by atoms with van der Waals surface area (Å²) in [6, 6.07) is 6.09. The molecule has 0 radical (unpaired) electrons. The molecule has 0 aliphatic rings. The van der Waals surface area contributed by atoms with Crippen molar-refractivity contribution in [1.82, 2.24) is 9.97 Å². The summed E-state index contributed by atoms with van der Waals surface area (Å²) in [6.07, 6.45) is 1.50. The molecule has 4 heteroatoms. The van der Waals surface area contributed by atoms with E-state index in [1.807, 2.05) is 12.1 Å². The third kappa shape index (κ3) is 1.03. The van der Waals surface area contributed by atoms with Crippen LogP contribution in [-0.2, 0) is 0 Å². The smallest absolute Gasteiger partial charge is 0.140 e. The Morgan fingerprint density at radius 2 is 2.07 bits per heavy atom. The Hall–Kier alpha value is -1.19. The predicted octanol–water partition coefficient (Wildman–Crippen LogP) is 3.50. The van der Waals surface area contributed by atoms with E-state index in [-0.39, 0.29) is 0 Å². The van der Waals surface area contributed by atoms with E-state index in [0.29, 0.717) is 5.15 Å². The number of hydrogen-bond acceptors (Lipinski definition) is 3. The number of nitrogens with zero attached hydrogens (tertiary/aromatic N) is 2. The van der Waals surface area contributed by atoms with Crippen molar-refractivity contribution < 1.29 is 0 Å². The number of fused-ring (bicyclic) bond motifs is 3. The number of aromatic nitrogens is 2. The minimum absolute atomic E-state index is 0.519.